The molecule has 0 saturated carbocycles. The highest BCUT2D eigenvalue weighted by Crippen LogP contribution is 2.63. The Morgan fingerprint density at radius 3 is 1.28 bits per heavy atom. The van der Waals surface area contributed by atoms with Crippen molar-refractivity contribution in [3.05, 3.63) is 216 Å². The molecule has 8 aromatic carbocycles. The van der Waals surface area contributed by atoms with Crippen LogP contribution in [-0.2, 0) is 5.41 Å². The fourth-order valence-corrected chi connectivity index (χ4v) is 10.3. The number of hydrogen-bond acceptors (Lipinski definition) is 2. The van der Waals surface area contributed by atoms with E-state index in [2.05, 4.69) is 197 Å². The summed E-state index contributed by atoms with van der Waals surface area (Å²) in [5.74, 6) is 2.33. The SMILES string of the molecule is c1ccc(-c2nc(-n3c4ccccc4c4ccccc43)cc(-n3c4ccccc4c4cc5c(cc43)-c3ccccc3C53c4ccccc4-c4ccccc43)n2)cc1. The highest BCUT2D eigenvalue weighted by atomic mass is 15.1. The van der Waals surface area contributed by atoms with Crippen molar-refractivity contribution in [2.75, 3.05) is 0 Å². The van der Waals surface area contributed by atoms with Crippen molar-refractivity contribution in [1.29, 1.82) is 0 Å². The van der Waals surface area contributed by atoms with E-state index in [1.54, 1.807) is 0 Å². The number of para-hydroxylation sites is 3. The average Bonchev–Trinajstić information content (AvgIpc) is 3.98. The van der Waals surface area contributed by atoms with Crippen LogP contribution < -0.4 is 0 Å². The summed E-state index contributed by atoms with van der Waals surface area (Å²) in [6, 6.07) is 70.5. The van der Waals surface area contributed by atoms with Crippen molar-refractivity contribution in [3.63, 3.8) is 0 Å². The third-order valence-corrected chi connectivity index (χ3v) is 12.6. The van der Waals surface area contributed by atoms with Gasteiger partial charge >= 0.3 is 0 Å². The van der Waals surface area contributed by atoms with E-state index in [1.807, 2.05) is 6.07 Å². The summed E-state index contributed by atoms with van der Waals surface area (Å²) >= 11 is 0. The molecule has 3 aromatic heterocycles. The number of rotatable bonds is 3. The van der Waals surface area contributed by atoms with Gasteiger partial charge in [-0.1, -0.05) is 158 Å². The fourth-order valence-electron chi connectivity index (χ4n) is 10.3. The van der Waals surface area contributed by atoms with Crippen LogP contribution in [0.1, 0.15) is 22.3 Å². The Balaban J connectivity index is 1.15. The third kappa shape index (κ3) is 3.96. The molecule has 0 atom stereocenters. The van der Waals surface area contributed by atoms with Gasteiger partial charge < -0.3 is 0 Å². The maximum atomic E-state index is 5.42. The zero-order valence-electron chi connectivity index (χ0n) is 30.8. The van der Waals surface area contributed by atoms with Crippen LogP contribution >= 0.6 is 0 Å². The number of benzene rings is 8. The van der Waals surface area contributed by atoms with Crippen LogP contribution in [0.5, 0.6) is 0 Å². The van der Waals surface area contributed by atoms with Gasteiger partial charge in [0.05, 0.1) is 27.5 Å². The van der Waals surface area contributed by atoms with Gasteiger partial charge in [0.25, 0.3) is 0 Å². The van der Waals surface area contributed by atoms with Crippen LogP contribution in [-0.4, -0.2) is 19.1 Å². The molecule has 0 N–H and O–H groups in total. The second kappa shape index (κ2) is 11.2. The molecule has 1 spiro atoms. The van der Waals surface area contributed by atoms with Crippen LogP contribution in [0.4, 0.5) is 0 Å². The normalized spacial score (nSPS) is 13.4. The highest BCUT2D eigenvalue weighted by Gasteiger charge is 2.51. The maximum absolute atomic E-state index is 5.42. The minimum atomic E-state index is -0.421. The Hall–Kier alpha value is -7.56. The Kier molecular flexibility index (Phi) is 6.07. The number of hydrogen-bond donors (Lipinski definition) is 0. The first-order chi connectivity index (χ1) is 28.3. The van der Waals surface area contributed by atoms with Gasteiger partial charge in [0.15, 0.2) is 5.82 Å². The van der Waals surface area contributed by atoms with Gasteiger partial charge in [-0.25, -0.2) is 9.97 Å². The highest BCUT2D eigenvalue weighted by molar-refractivity contribution is 6.13. The molecule has 2 aliphatic carbocycles. The molecular weight excluding hydrogens is 693 g/mol. The summed E-state index contributed by atoms with van der Waals surface area (Å²) < 4.78 is 4.66. The molecule has 0 amide bonds. The van der Waals surface area contributed by atoms with Gasteiger partial charge in [0.2, 0.25) is 0 Å². The molecule has 13 rings (SSSR count). The predicted molar refractivity (Wildman–Crippen MR) is 232 cm³/mol. The summed E-state index contributed by atoms with van der Waals surface area (Å²) in [5.41, 5.74) is 15.5. The van der Waals surface area contributed by atoms with Crippen LogP contribution in [0.3, 0.4) is 0 Å². The maximum Gasteiger partial charge on any atom is 0.163 e. The third-order valence-electron chi connectivity index (χ3n) is 12.6. The number of fused-ring (bicyclic) bond motifs is 16. The lowest BCUT2D eigenvalue weighted by atomic mass is 9.70. The first-order valence-electron chi connectivity index (χ1n) is 19.6. The molecule has 264 valence electrons. The molecule has 11 aromatic rings. The van der Waals surface area contributed by atoms with E-state index in [0.29, 0.717) is 5.82 Å². The van der Waals surface area contributed by atoms with Crippen molar-refractivity contribution >= 4 is 43.6 Å². The van der Waals surface area contributed by atoms with Crippen LogP contribution in [0.15, 0.2) is 194 Å². The summed E-state index contributed by atoms with van der Waals surface area (Å²) in [5, 5.41) is 4.80. The molecule has 2 aliphatic rings. The van der Waals surface area contributed by atoms with Crippen molar-refractivity contribution in [2.45, 2.75) is 5.41 Å². The molecule has 0 bridgehead atoms. The van der Waals surface area contributed by atoms with Crippen LogP contribution in [0, 0.1) is 0 Å². The van der Waals surface area contributed by atoms with Gasteiger partial charge in [0.1, 0.15) is 11.6 Å². The second-order valence-electron chi connectivity index (χ2n) is 15.3. The number of aromatic nitrogens is 4. The standard InChI is InChI=1S/C53H32N4/c1-2-16-33(17-3-1)52-54-50(56-46-27-13-7-21-37(46)38-22-8-14-28-47(38)56)32-51(55-52)57-48-29-15-9-23-39(48)41-30-45-40(31-49(41)57)36-20-6-12-26-44(36)53(45)42-24-10-4-18-34(42)35-19-5-11-25-43(35)53/h1-32H. The molecule has 3 heterocycles. The lowest BCUT2D eigenvalue weighted by molar-refractivity contribution is 0.795. The first kappa shape index (κ1) is 30.7. The molecule has 0 fully saturated rings. The average molecular weight is 725 g/mol. The van der Waals surface area contributed by atoms with Crippen molar-refractivity contribution < 1.29 is 0 Å². The lowest BCUT2D eigenvalue weighted by Gasteiger charge is -2.30. The monoisotopic (exact) mass is 724 g/mol. The van der Waals surface area contributed by atoms with Crippen molar-refractivity contribution in [1.82, 2.24) is 19.1 Å². The van der Waals surface area contributed by atoms with E-state index < -0.39 is 5.41 Å². The van der Waals surface area contributed by atoms with Crippen molar-refractivity contribution in [3.8, 4) is 45.3 Å². The zero-order chi connectivity index (χ0) is 37.2. The Morgan fingerprint density at radius 1 is 0.316 bits per heavy atom. The molecule has 0 saturated heterocycles. The van der Waals surface area contributed by atoms with E-state index in [1.165, 1.54) is 66.1 Å². The molecule has 57 heavy (non-hydrogen) atoms. The molecular formula is C53H32N4. The lowest BCUT2D eigenvalue weighted by Crippen LogP contribution is -2.25. The minimum absolute atomic E-state index is 0.421. The quantitative estimate of drug-likeness (QED) is 0.182. The zero-order valence-corrected chi connectivity index (χ0v) is 30.8. The van der Waals surface area contributed by atoms with Gasteiger partial charge in [-0.2, -0.15) is 0 Å². The molecule has 0 aliphatic heterocycles. The minimum Gasteiger partial charge on any atom is -0.294 e. The van der Waals surface area contributed by atoms with Gasteiger partial charge in [-0.15, -0.1) is 0 Å². The summed E-state index contributed by atoms with van der Waals surface area (Å²) in [6.45, 7) is 0. The van der Waals surface area contributed by atoms with Crippen molar-refractivity contribution in [2.24, 2.45) is 0 Å². The van der Waals surface area contributed by atoms with E-state index in [-0.39, 0.29) is 0 Å². The largest absolute Gasteiger partial charge is 0.294 e. The summed E-state index contributed by atoms with van der Waals surface area (Å²) in [7, 11) is 0. The Labute approximate surface area is 328 Å². The first-order valence-corrected chi connectivity index (χ1v) is 19.6. The summed E-state index contributed by atoms with van der Waals surface area (Å²) in [4.78, 5) is 10.8. The van der Waals surface area contributed by atoms with Crippen LogP contribution in [0.25, 0.3) is 88.9 Å². The molecule has 0 radical (unpaired) electrons. The van der Waals surface area contributed by atoms with E-state index >= 15 is 0 Å². The fraction of sp³-hybridized carbons (Fsp3) is 0.0189. The smallest absolute Gasteiger partial charge is 0.163 e. The molecule has 4 nitrogen and oxygen atoms in total. The van der Waals surface area contributed by atoms with E-state index in [9.17, 15) is 0 Å². The molecule has 0 unspecified atom stereocenters. The topological polar surface area (TPSA) is 35.6 Å². The van der Waals surface area contributed by atoms with Gasteiger partial charge in [-0.3, -0.25) is 9.13 Å². The Morgan fingerprint density at radius 2 is 0.737 bits per heavy atom. The van der Waals surface area contributed by atoms with E-state index in [0.717, 1.165) is 39.3 Å². The van der Waals surface area contributed by atoms with Gasteiger partial charge in [-0.05, 0) is 74.8 Å². The predicted octanol–water partition coefficient (Wildman–Crippen LogP) is 12.7. The molecule has 4 heteroatoms. The van der Waals surface area contributed by atoms with Crippen LogP contribution in [0.2, 0.25) is 0 Å². The van der Waals surface area contributed by atoms with E-state index in [4.69, 9.17) is 9.97 Å². The second-order valence-corrected chi connectivity index (χ2v) is 15.3. The Bertz CT molecular complexity index is 3380. The number of nitrogens with zero attached hydrogens (tertiary/aromatic N) is 4. The summed E-state index contributed by atoms with van der Waals surface area (Å²) in [6.07, 6.45) is 0. The van der Waals surface area contributed by atoms with Gasteiger partial charge in [0, 0.05) is 33.2 Å².